The van der Waals surface area contributed by atoms with Gasteiger partial charge >= 0.3 is 0 Å². The first-order valence-corrected chi connectivity index (χ1v) is 3.72. The first kappa shape index (κ1) is 7.14. The predicted octanol–water partition coefficient (Wildman–Crippen LogP) is 2.09. The van der Waals surface area contributed by atoms with Crippen LogP contribution < -0.4 is 0 Å². The minimum absolute atomic E-state index is 0.543. The van der Waals surface area contributed by atoms with Gasteiger partial charge in [0.25, 0.3) is 0 Å². The minimum Gasteiger partial charge on any atom is -0.359 e. The van der Waals surface area contributed by atoms with E-state index in [1.54, 1.807) is 12.3 Å². The summed E-state index contributed by atoms with van der Waals surface area (Å²) in [5, 5.41) is 9.21. The van der Waals surface area contributed by atoms with Crippen LogP contribution in [-0.2, 0) is 0 Å². The number of hydrogen-bond donors (Lipinski definition) is 1. The van der Waals surface area contributed by atoms with Crippen LogP contribution in [-0.4, -0.2) is 9.97 Å². The molecule has 0 spiro atoms. The van der Waals surface area contributed by atoms with Gasteiger partial charge in [0.2, 0.25) is 0 Å². The van der Waals surface area contributed by atoms with Crippen LogP contribution in [0.25, 0.3) is 11.0 Å². The van der Waals surface area contributed by atoms with Crippen LogP contribution in [0, 0.1) is 11.3 Å². The molecule has 2 aromatic rings. The number of hydrogen-bond acceptors (Lipinski definition) is 2. The van der Waals surface area contributed by atoms with Gasteiger partial charge in [-0.25, -0.2) is 0 Å². The summed E-state index contributed by atoms with van der Waals surface area (Å²) >= 11 is 5.71. The zero-order valence-corrected chi connectivity index (χ0v) is 6.76. The molecule has 1 N–H and O–H groups in total. The highest BCUT2D eigenvalue weighted by atomic mass is 35.5. The molecular weight excluding hydrogens is 174 g/mol. The Morgan fingerprint density at radius 2 is 2.42 bits per heavy atom. The molecule has 3 nitrogen and oxygen atoms in total. The molecule has 0 fully saturated rings. The van der Waals surface area contributed by atoms with Gasteiger partial charge in [0.15, 0.2) is 0 Å². The van der Waals surface area contributed by atoms with E-state index in [-0.39, 0.29) is 0 Å². The largest absolute Gasteiger partial charge is 0.359 e. The second kappa shape index (κ2) is 2.50. The maximum Gasteiger partial charge on any atom is 0.106 e. The highest BCUT2D eigenvalue weighted by Crippen LogP contribution is 2.18. The summed E-state index contributed by atoms with van der Waals surface area (Å²) in [7, 11) is 0. The lowest BCUT2D eigenvalue weighted by Gasteiger charge is -1.89. The van der Waals surface area contributed by atoms with Gasteiger partial charge in [-0.15, -0.1) is 0 Å². The molecule has 0 aliphatic carbocycles. The molecule has 0 atom stereocenters. The number of fused-ring (bicyclic) bond motifs is 1. The Balaban J connectivity index is 2.84. The van der Waals surface area contributed by atoms with Crippen molar-refractivity contribution in [3.05, 3.63) is 29.0 Å². The second-order valence-corrected chi connectivity index (χ2v) is 2.80. The number of halogens is 1. The van der Waals surface area contributed by atoms with E-state index in [1.165, 1.54) is 6.20 Å². The van der Waals surface area contributed by atoms with Gasteiger partial charge in [0.1, 0.15) is 11.6 Å². The SMILES string of the molecule is N#Cc1c[nH]c2cc(Cl)cnc12. The Morgan fingerprint density at radius 3 is 3.17 bits per heavy atom. The van der Waals surface area contributed by atoms with Gasteiger partial charge in [-0.1, -0.05) is 11.6 Å². The van der Waals surface area contributed by atoms with E-state index < -0.39 is 0 Å². The first-order chi connectivity index (χ1) is 5.81. The van der Waals surface area contributed by atoms with Crippen molar-refractivity contribution in [1.82, 2.24) is 9.97 Å². The molecule has 2 heterocycles. The van der Waals surface area contributed by atoms with Crippen LogP contribution in [0.15, 0.2) is 18.5 Å². The summed E-state index contributed by atoms with van der Waals surface area (Å²) in [4.78, 5) is 6.94. The van der Waals surface area contributed by atoms with Gasteiger partial charge in [-0.05, 0) is 6.07 Å². The highest BCUT2D eigenvalue weighted by molar-refractivity contribution is 6.31. The second-order valence-electron chi connectivity index (χ2n) is 2.36. The van der Waals surface area contributed by atoms with E-state index in [2.05, 4.69) is 9.97 Å². The predicted molar refractivity (Wildman–Crippen MR) is 45.8 cm³/mol. The lowest BCUT2D eigenvalue weighted by atomic mass is 10.3. The monoisotopic (exact) mass is 177 g/mol. The maximum atomic E-state index is 8.65. The molecule has 0 aliphatic heterocycles. The average Bonchev–Trinajstić information content (AvgIpc) is 2.46. The normalized spacial score (nSPS) is 10.0. The molecule has 0 saturated carbocycles. The molecule has 4 heteroatoms. The number of pyridine rings is 1. The van der Waals surface area contributed by atoms with Crippen molar-refractivity contribution < 1.29 is 0 Å². The van der Waals surface area contributed by atoms with Crippen molar-refractivity contribution in [2.45, 2.75) is 0 Å². The Labute approximate surface area is 73.6 Å². The smallest absolute Gasteiger partial charge is 0.106 e. The van der Waals surface area contributed by atoms with Crippen LogP contribution in [0.1, 0.15) is 5.56 Å². The molecule has 0 unspecified atom stereocenters. The quantitative estimate of drug-likeness (QED) is 0.670. The van der Waals surface area contributed by atoms with E-state index >= 15 is 0 Å². The van der Waals surface area contributed by atoms with E-state index in [9.17, 15) is 0 Å². The van der Waals surface area contributed by atoms with Crippen molar-refractivity contribution >= 4 is 22.6 Å². The molecule has 0 aromatic carbocycles. The third-order valence-electron chi connectivity index (χ3n) is 1.60. The zero-order chi connectivity index (χ0) is 8.55. The van der Waals surface area contributed by atoms with Crippen LogP contribution in [0.4, 0.5) is 0 Å². The summed E-state index contributed by atoms with van der Waals surface area (Å²) in [6.45, 7) is 0. The fourth-order valence-electron chi connectivity index (χ4n) is 1.07. The van der Waals surface area contributed by atoms with Crippen molar-refractivity contribution in [3.8, 4) is 6.07 Å². The molecule has 58 valence electrons. The van der Waals surface area contributed by atoms with Crippen molar-refractivity contribution in [1.29, 1.82) is 5.26 Å². The molecule has 12 heavy (non-hydrogen) atoms. The Kier molecular flexibility index (Phi) is 1.49. The lowest BCUT2D eigenvalue weighted by molar-refractivity contribution is 1.40. The fraction of sp³-hybridized carbons (Fsp3) is 0. The van der Waals surface area contributed by atoms with Crippen LogP contribution in [0.3, 0.4) is 0 Å². The van der Waals surface area contributed by atoms with Gasteiger partial charge in [0, 0.05) is 12.4 Å². The maximum absolute atomic E-state index is 8.65. The number of nitrogens with one attached hydrogen (secondary N) is 1. The summed E-state index contributed by atoms with van der Waals surface area (Å²) in [5.41, 5.74) is 2.00. The van der Waals surface area contributed by atoms with E-state index in [1.807, 2.05) is 6.07 Å². The topological polar surface area (TPSA) is 52.5 Å². The van der Waals surface area contributed by atoms with Gasteiger partial charge < -0.3 is 4.98 Å². The minimum atomic E-state index is 0.543. The molecule has 0 aliphatic rings. The first-order valence-electron chi connectivity index (χ1n) is 3.34. The molecule has 2 aromatic heterocycles. The number of aromatic nitrogens is 2. The number of rotatable bonds is 0. The zero-order valence-electron chi connectivity index (χ0n) is 6.00. The average molecular weight is 178 g/mol. The molecule has 2 rings (SSSR count). The third kappa shape index (κ3) is 0.936. The van der Waals surface area contributed by atoms with Gasteiger partial charge in [0.05, 0.1) is 16.1 Å². The van der Waals surface area contributed by atoms with E-state index in [0.717, 1.165) is 5.52 Å². The summed E-state index contributed by atoms with van der Waals surface area (Å²) < 4.78 is 0. The lowest BCUT2D eigenvalue weighted by Crippen LogP contribution is -1.76. The molecule has 0 radical (unpaired) electrons. The van der Waals surface area contributed by atoms with Crippen molar-refractivity contribution in [3.63, 3.8) is 0 Å². The number of aromatic amines is 1. The number of nitriles is 1. The van der Waals surface area contributed by atoms with Crippen molar-refractivity contribution in [2.24, 2.45) is 0 Å². The van der Waals surface area contributed by atoms with Crippen LogP contribution >= 0.6 is 11.6 Å². The van der Waals surface area contributed by atoms with E-state index in [0.29, 0.717) is 16.1 Å². The number of nitrogens with zero attached hydrogens (tertiary/aromatic N) is 2. The fourth-order valence-corrected chi connectivity index (χ4v) is 1.23. The highest BCUT2D eigenvalue weighted by Gasteiger charge is 2.03. The Morgan fingerprint density at radius 1 is 1.58 bits per heavy atom. The van der Waals surface area contributed by atoms with Crippen molar-refractivity contribution in [2.75, 3.05) is 0 Å². The standard InChI is InChI=1S/C8H4ClN3/c9-6-1-7-8(12-4-6)5(2-10)3-11-7/h1,3-4,11H. The Bertz CT molecular complexity index is 467. The van der Waals surface area contributed by atoms with Gasteiger partial charge in [-0.2, -0.15) is 5.26 Å². The van der Waals surface area contributed by atoms with Gasteiger partial charge in [-0.3, -0.25) is 4.98 Å². The Hall–Kier alpha value is -1.53. The summed E-state index contributed by atoms with van der Waals surface area (Å²) in [6, 6.07) is 3.77. The summed E-state index contributed by atoms with van der Waals surface area (Å²) in [5.74, 6) is 0. The molecule has 0 amide bonds. The number of H-pyrrole nitrogens is 1. The summed E-state index contributed by atoms with van der Waals surface area (Å²) in [6.07, 6.45) is 3.15. The van der Waals surface area contributed by atoms with Crippen LogP contribution in [0.5, 0.6) is 0 Å². The third-order valence-corrected chi connectivity index (χ3v) is 1.81. The molecular formula is C8H4ClN3. The van der Waals surface area contributed by atoms with Crippen LogP contribution in [0.2, 0.25) is 5.02 Å². The molecule has 0 bridgehead atoms. The molecule has 0 saturated heterocycles. The van der Waals surface area contributed by atoms with E-state index in [4.69, 9.17) is 16.9 Å².